The van der Waals surface area contributed by atoms with Crippen molar-refractivity contribution in [3.05, 3.63) is 77.1 Å². The highest BCUT2D eigenvalue weighted by Crippen LogP contribution is 2.31. The second-order valence-corrected chi connectivity index (χ2v) is 6.52. The zero-order valence-electron chi connectivity index (χ0n) is 15.0. The van der Waals surface area contributed by atoms with Crippen LogP contribution in [-0.4, -0.2) is 14.1 Å². The molecule has 0 atom stereocenters. The Bertz CT molecular complexity index is 910. The number of rotatable bonds is 5. The Morgan fingerprint density at radius 2 is 1.54 bits per heavy atom. The molecule has 2 N–H and O–H groups in total. The van der Waals surface area contributed by atoms with Crippen molar-refractivity contribution in [2.24, 2.45) is 0 Å². The predicted octanol–water partition coefficient (Wildman–Crippen LogP) is 6.34. The first-order valence-electron chi connectivity index (χ1n) is 8.32. The predicted molar refractivity (Wildman–Crippen MR) is 110 cm³/mol. The molecule has 3 aromatic carbocycles. The maximum Gasteiger partial charge on any atom is 0.148 e. The molecule has 5 heteroatoms. The zero-order chi connectivity index (χ0) is 18.7. The molecule has 0 spiro atoms. The summed E-state index contributed by atoms with van der Waals surface area (Å²) in [7, 11) is 3.69. The van der Waals surface area contributed by atoms with Gasteiger partial charge in [0.15, 0.2) is 0 Å². The van der Waals surface area contributed by atoms with E-state index in [1.54, 1.807) is 11.0 Å². The van der Waals surface area contributed by atoms with E-state index in [1.165, 1.54) is 6.07 Å². The van der Waals surface area contributed by atoms with Crippen LogP contribution in [-0.2, 0) is 0 Å². The van der Waals surface area contributed by atoms with Crippen LogP contribution in [0.25, 0.3) is 0 Å². The molecule has 0 aliphatic carbocycles. The Kier molecular flexibility index (Phi) is 5.33. The van der Waals surface area contributed by atoms with Gasteiger partial charge in [-0.05, 0) is 67.1 Å². The van der Waals surface area contributed by atoms with Crippen molar-refractivity contribution in [2.75, 3.05) is 29.6 Å². The highest BCUT2D eigenvalue weighted by Gasteiger charge is 2.11. The molecule has 0 aliphatic heterocycles. The van der Waals surface area contributed by atoms with Crippen LogP contribution in [0, 0.1) is 12.7 Å². The Morgan fingerprint density at radius 3 is 2.15 bits per heavy atom. The summed E-state index contributed by atoms with van der Waals surface area (Å²) in [6.45, 7) is 1.94. The molecule has 0 fully saturated rings. The van der Waals surface area contributed by atoms with E-state index in [-0.39, 0.29) is 5.82 Å². The minimum Gasteiger partial charge on any atom is -0.388 e. The number of hydrogen-bond acceptors (Lipinski definition) is 3. The van der Waals surface area contributed by atoms with Crippen molar-refractivity contribution in [2.45, 2.75) is 6.92 Å². The van der Waals surface area contributed by atoms with Crippen molar-refractivity contribution < 1.29 is 4.39 Å². The average molecular weight is 370 g/mol. The van der Waals surface area contributed by atoms with E-state index in [9.17, 15) is 4.39 Å². The van der Waals surface area contributed by atoms with E-state index >= 15 is 0 Å². The molecule has 0 radical (unpaired) electrons. The number of anilines is 5. The van der Waals surface area contributed by atoms with Gasteiger partial charge in [-0.3, -0.25) is 0 Å². The van der Waals surface area contributed by atoms with E-state index in [4.69, 9.17) is 11.6 Å². The highest BCUT2D eigenvalue weighted by atomic mass is 35.5. The molecule has 26 heavy (non-hydrogen) atoms. The maximum absolute atomic E-state index is 14.7. The molecular formula is C21H21ClFN3. The number of aryl methyl sites for hydroxylation is 1. The molecule has 0 bridgehead atoms. The van der Waals surface area contributed by atoms with Crippen molar-refractivity contribution in [1.82, 2.24) is 0 Å². The van der Waals surface area contributed by atoms with Crippen LogP contribution in [0.2, 0.25) is 5.02 Å². The third-order valence-corrected chi connectivity index (χ3v) is 4.72. The van der Waals surface area contributed by atoms with Gasteiger partial charge >= 0.3 is 0 Å². The van der Waals surface area contributed by atoms with Crippen LogP contribution in [0.3, 0.4) is 0 Å². The highest BCUT2D eigenvalue weighted by molar-refractivity contribution is 6.31. The van der Waals surface area contributed by atoms with Gasteiger partial charge in [0.25, 0.3) is 0 Å². The van der Waals surface area contributed by atoms with Crippen LogP contribution in [0.4, 0.5) is 32.8 Å². The van der Waals surface area contributed by atoms with Gasteiger partial charge in [-0.15, -0.1) is 0 Å². The summed E-state index contributed by atoms with van der Waals surface area (Å²) in [6, 6.07) is 18.6. The normalized spacial score (nSPS) is 10.5. The molecule has 3 rings (SSSR count). The molecule has 3 aromatic rings. The van der Waals surface area contributed by atoms with Crippen molar-refractivity contribution in [3.63, 3.8) is 0 Å². The molecule has 3 nitrogen and oxygen atoms in total. The largest absolute Gasteiger partial charge is 0.388 e. The lowest BCUT2D eigenvalue weighted by molar-refractivity contribution is 0.628. The van der Waals surface area contributed by atoms with E-state index in [0.29, 0.717) is 16.4 Å². The fourth-order valence-electron chi connectivity index (χ4n) is 2.67. The van der Waals surface area contributed by atoms with Crippen molar-refractivity contribution in [1.29, 1.82) is 0 Å². The van der Waals surface area contributed by atoms with E-state index < -0.39 is 0 Å². The monoisotopic (exact) mass is 369 g/mol. The van der Waals surface area contributed by atoms with Gasteiger partial charge in [0.2, 0.25) is 0 Å². The SMILES string of the molecule is CNc1ccc(Nc2ccc(N(C)c3ccc(C)c(Cl)c3)c(F)c2)cc1. The third-order valence-electron chi connectivity index (χ3n) is 4.31. The molecule has 134 valence electrons. The number of nitrogens with zero attached hydrogens (tertiary/aromatic N) is 1. The summed E-state index contributed by atoms with van der Waals surface area (Å²) in [5.74, 6) is -0.305. The molecular weight excluding hydrogens is 349 g/mol. The van der Waals surface area contributed by atoms with E-state index in [1.807, 2.05) is 69.6 Å². The third kappa shape index (κ3) is 3.92. The lowest BCUT2D eigenvalue weighted by Crippen LogP contribution is -2.11. The first kappa shape index (κ1) is 18.1. The van der Waals surface area contributed by atoms with E-state index in [0.717, 1.165) is 22.6 Å². The number of benzene rings is 3. The zero-order valence-corrected chi connectivity index (χ0v) is 15.7. The Hall–Kier alpha value is -2.72. The summed E-state index contributed by atoms with van der Waals surface area (Å²) >= 11 is 6.19. The quantitative estimate of drug-likeness (QED) is 0.549. The van der Waals surface area contributed by atoms with Gasteiger partial charge in [0.1, 0.15) is 5.82 Å². The summed E-state index contributed by atoms with van der Waals surface area (Å²) in [6.07, 6.45) is 0. The molecule has 0 unspecified atom stereocenters. The number of hydrogen-bond donors (Lipinski definition) is 2. The Labute approximate surface area is 158 Å². The lowest BCUT2D eigenvalue weighted by atomic mass is 10.2. The molecule has 0 saturated heterocycles. The van der Waals surface area contributed by atoms with Crippen LogP contribution in [0.5, 0.6) is 0 Å². The van der Waals surface area contributed by atoms with Gasteiger partial charge < -0.3 is 15.5 Å². The van der Waals surface area contributed by atoms with Crippen LogP contribution < -0.4 is 15.5 Å². The summed E-state index contributed by atoms with van der Waals surface area (Å²) < 4.78 is 14.7. The van der Waals surface area contributed by atoms with Gasteiger partial charge in [-0.1, -0.05) is 17.7 Å². The fraction of sp³-hybridized carbons (Fsp3) is 0.143. The van der Waals surface area contributed by atoms with Gasteiger partial charge in [-0.2, -0.15) is 0 Å². The van der Waals surface area contributed by atoms with Gasteiger partial charge in [0, 0.05) is 41.9 Å². The smallest absolute Gasteiger partial charge is 0.148 e. The molecule has 0 amide bonds. The minimum absolute atomic E-state index is 0.305. The second-order valence-electron chi connectivity index (χ2n) is 6.11. The molecule has 0 heterocycles. The van der Waals surface area contributed by atoms with Crippen LogP contribution in [0.15, 0.2) is 60.7 Å². The lowest BCUT2D eigenvalue weighted by Gasteiger charge is -2.21. The topological polar surface area (TPSA) is 27.3 Å². The standard InChI is InChI=1S/C21H21ClFN3/c1-14-4-10-18(13-19(14)22)26(3)21-11-9-17(12-20(21)23)25-16-7-5-15(24-2)6-8-16/h4-13,24-25H,1-3H3. The van der Waals surface area contributed by atoms with Crippen molar-refractivity contribution >= 4 is 40.0 Å². The van der Waals surface area contributed by atoms with Crippen LogP contribution >= 0.6 is 11.6 Å². The molecule has 0 aromatic heterocycles. The summed E-state index contributed by atoms with van der Waals surface area (Å²) in [5, 5.41) is 6.94. The fourth-order valence-corrected chi connectivity index (χ4v) is 2.85. The Balaban J connectivity index is 1.80. The number of halogens is 2. The number of nitrogens with one attached hydrogen (secondary N) is 2. The maximum atomic E-state index is 14.7. The first-order chi connectivity index (χ1) is 12.5. The molecule has 0 saturated carbocycles. The van der Waals surface area contributed by atoms with Gasteiger partial charge in [-0.25, -0.2) is 4.39 Å². The summed E-state index contributed by atoms with van der Waals surface area (Å²) in [5.41, 5.74) is 4.93. The van der Waals surface area contributed by atoms with Crippen molar-refractivity contribution in [3.8, 4) is 0 Å². The second kappa shape index (κ2) is 7.67. The average Bonchev–Trinajstić information content (AvgIpc) is 2.64. The van der Waals surface area contributed by atoms with E-state index in [2.05, 4.69) is 10.6 Å². The van der Waals surface area contributed by atoms with Gasteiger partial charge in [0.05, 0.1) is 5.69 Å². The first-order valence-corrected chi connectivity index (χ1v) is 8.70. The molecule has 0 aliphatic rings. The van der Waals surface area contributed by atoms with Crippen LogP contribution in [0.1, 0.15) is 5.56 Å². The minimum atomic E-state index is -0.305. The Morgan fingerprint density at radius 1 is 0.885 bits per heavy atom. The summed E-state index contributed by atoms with van der Waals surface area (Å²) in [4.78, 5) is 1.78.